The molecule has 0 aliphatic heterocycles. The van der Waals surface area contributed by atoms with E-state index < -0.39 is 23.7 Å². The number of methoxy groups -OCH3 is 1. The summed E-state index contributed by atoms with van der Waals surface area (Å²) in [5.74, 6) is 0.301. The third-order valence-corrected chi connectivity index (χ3v) is 3.37. The monoisotopic (exact) mass is 335 g/mol. The fourth-order valence-corrected chi connectivity index (χ4v) is 2.10. The minimum atomic E-state index is -0.806. The Balaban J connectivity index is 1.97. The Morgan fingerprint density at radius 1 is 1.21 bits per heavy atom. The summed E-state index contributed by atoms with van der Waals surface area (Å²) in [5, 5.41) is 2.56. The Hall–Kier alpha value is -2.24. The first-order chi connectivity index (χ1) is 11.3. The molecule has 0 spiro atoms. The van der Waals surface area contributed by atoms with E-state index in [-0.39, 0.29) is 0 Å². The normalized spacial score (nSPS) is 15.3. The van der Waals surface area contributed by atoms with Crippen LogP contribution in [0.2, 0.25) is 0 Å². The smallest absolute Gasteiger partial charge is 0.408 e. The molecule has 0 unspecified atom stereocenters. The third kappa shape index (κ3) is 6.10. The number of esters is 1. The van der Waals surface area contributed by atoms with Crippen molar-refractivity contribution in [1.82, 2.24) is 5.32 Å². The van der Waals surface area contributed by atoms with E-state index in [1.54, 1.807) is 20.8 Å². The minimum Gasteiger partial charge on any atom is -0.490 e. The highest BCUT2D eigenvalue weighted by Gasteiger charge is 2.26. The molecule has 132 valence electrons. The summed E-state index contributed by atoms with van der Waals surface area (Å²) in [5.41, 5.74) is 0.261. The van der Waals surface area contributed by atoms with E-state index in [2.05, 4.69) is 5.32 Å². The molecule has 1 N–H and O–H groups in total. The summed E-state index contributed by atoms with van der Waals surface area (Å²) < 4.78 is 15.7. The van der Waals surface area contributed by atoms with Crippen molar-refractivity contribution in [2.75, 3.05) is 7.11 Å². The van der Waals surface area contributed by atoms with Gasteiger partial charge in [-0.2, -0.15) is 0 Å². The van der Waals surface area contributed by atoms with Gasteiger partial charge in [-0.25, -0.2) is 9.59 Å². The molecule has 1 atom stereocenters. The summed E-state index contributed by atoms with van der Waals surface area (Å²) >= 11 is 0. The largest absolute Gasteiger partial charge is 0.490 e. The Morgan fingerprint density at radius 3 is 2.33 bits per heavy atom. The molecule has 0 saturated heterocycles. The number of alkyl carbamates (subject to hydrolysis) is 1. The van der Waals surface area contributed by atoms with Crippen LogP contribution in [0.3, 0.4) is 0 Å². The fourth-order valence-electron chi connectivity index (χ4n) is 2.10. The van der Waals surface area contributed by atoms with Crippen LogP contribution >= 0.6 is 0 Å². The van der Waals surface area contributed by atoms with Crippen molar-refractivity contribution in [1.29, 1.82) is 0 Å². The number of carbonyl (C=O) groups is 2. The molecule has 1 aliphatic rings. The van der Waals surface area contributed by atoms with Crippen molar-refractivity contribution in [2.45, 2.75) is 57.8 Å². The summed E-state index contributed by atoms with van der Waals surface area (Å²) in [6.07, 6.45) is 2.22. The molecule has 1 aliphatic carbocycles. The van der Waals surface area contributed by atoms with Crippen LogP contribution in [0.25, 0.3) is 0 Å². The molecular weight excluding hydrogens is 310 g/mol. The van der Waals surface area contributed by atoms with E-state index in [0.717, 1.165) is 24.2 Å². The number of nitrogens with one attached hydrogen (secondary N) is 1. The Bertz CT molecular complexity index is 572. The topological polar surface area (TPSA) is 73.9 Å². The van der Waals surface area contributed by atoms with Crippen LogP contribution in [0.15, 0.2) is 24.3 Å². The molecule has 1 saturated carbocycles. The maximum absolute atomic E-state index is 11.9. The van der Waals surface area contributed by atoms with Crippen LogP contribution in [0.1, 0.15) is 39.2 Å². The molecule has 6 nitrogen and oxygen atoms in total. The van der Waals surface area contributed by atoms with Crippen LogP contribution in [-0.4, -0.2) is 36.9 Å². The summed E-state index contributed by atoms with van der Waals surface area (Å²) in [7, 11) is 1.29. The first-order valence-corrected chi connectivity index (χ1v) is 8.10. The van der Waals surface area contributed by atoms with Gasteiger partial charge in [0.1, 0.15) is 17.4 Å². The van der Waals surface area contributed by atoms with Gasteiger partial charge in [-0.05, 0) is 51.3 Å². The van der Waals surface area contributed by atoms with Crippen LogP contribution < -0.4 is 10.1 Å². The number of carbonyl (C=O) groups excluding carboxylic acids is 2. The molecule has 0 bridgehead atoms. The molecule has 0 aromatic heterocycles. The van der Waals surface area contributed by atoms with E-state index >= 15 is 0 Å². The lowest BCUT2D eigenvalue weighted by Crippen LogP contribution is -2.45. The lowest BCUT2D eigenvalue weighted by Gasteiger charge is -2.22. The van der Waals surface area contributed by atoms with Gasteiger partial charge in [0.15, 0.2) is 0 Å². The predicted octanol–water partition coefficient (Wildman–Crippen LogP) is 2.84. The van der Waals surface area contributed by atoms with E-state index in [1.807, 2.05) is 24.3 Å². The maximum Gasteiger partial charge on any atom is 0.408 e. The Labute approximate surface area is 142 Å². The van der Waals surface area contributed by atoms with Gasteiger partial charge in [0.05, 0.1) is 13.2 Å². The van der Waals surface area contributed by atoms with Crippen molar-refractivity contribution < 1.29 is 23.8 Å². The third-order valence-electron chi connectivity index (χ3n) is 3.37. The summed E-state index contributed by atoms with van der Waals surface area (Å²) in [6, 6.07) is 6.69. The van der Waals surface area contributed by atoms with Gasteiger partial charge >= 0.3 is 12.1 Å². The zero-order valence-corrected chi connectivity index (χ0v) is 14.6. The van der Waals surface area contributed by atoms with Crippen molar-refractivity contribution in [2.24, 2.45) is 0 Å². The van der Waals surface area contributed by atoms with Crippen molar-refractivity contribution in [3.63, 3.8) is 0 Å². The molecule has 0 heterocycles. The average Bonchev–Trinajstić information content (AvgIpc) is 3.29. The van der Waals surface area contributed by atoms with E-state index in [9.17, 15) is 9.59 Å². The summed E-state index contributed by atoms with van der Waals surface area (Å²) in [6.45, 7) is 5.29. The second-order valence-corrected chi connectivity index (χ2v) is 6.89. The Morgan fingerprint density at radius 2 is 1.83 bits per heavy atom. The highest BCUT2D eigenvalue weighted by Crippen LogP contribution is 2.26. The standard InChI is InChI=1S/C18H25NO5/c1-18(2,3)24-17(21)19-15(16(20)22-4)11-12-5-7-13(8-6-12)23-14-9-10-14/h5-8,14-15H,9-11H2,1-4H3,(H,19,21)/t15-/m0/s1. The van der Waals surface area contributed by atoms with Crippen LogP contribution in [-0.2, 0) is 20.7 Å². The Kier molecular flexibility index (Phi) is 5.70. The van der Waals surface area contributed by atoms with E-state index in [0.29, 0.717) is 12.5 Å². The first kappa shape index (κ1) is 18.1. The van der Waals surface area contributed by atoms with Crippen molar-refractivity contribution >= 4 is 12.1 Å². The van der Waals surface area contributed by atoms with Crippen molar-refractivity contribution in [3.8, 4) is 5.75 Å². The van der Waals surface area contributed by atoms with Gasteiger partial charge < -0.3 is 19.5 Å². The zero-order chi connectivity index (χ0) is 17.7. The van der Waals surface area contributed by atoms with Gasteiger partial charge in [-0.15, -0.1) is 0 Å². The predicted molar refractivity (Wildman–Crippen MR) is 89.0 cm³/mol. The number of hydrogen-bond donors (Lipinski definition) is 1. The summed E-state index contributed by atoms with van der Waals surface area (Å²) in [4.78, 5) is 23.8. The highest BCUT2D eigenvalue weighted by molar-refractivity contribution is 5.81. The quantitative estimate of drug-likeness (QED) is 0.809. The maximum atomic E-state index is 11.9. The average molecular weight is 335 g/mol. The SMILES string of the molecule is COC(=O)[C@H](Cc1ccc(OC2CC2)cc1)NC(=O)OC(C)(C)C. The zero-order valence-electron chi connectivity index (χ0n) is 14.6. The molecule has 1 aromatic carbocycles. The minimum absolute atomic E-state index is 0.315. The van der Waals surface area contributed by atoms with E-state index in [4.69, 9.17) is 14.2 Å². The van der Waals surface area contributed by atoms with Gasteiger partial charge in [-0.3, -0.25) is 0 Å². The van der Waals surface area contributed by atoms with Crippen LogP contribution in [0.4, 0.5) is 4.79 Å². The van der Waals surface area contributed by atoms with Gasteiger partial charge in [0.2, 0.25) is 0 Å². The fraction of sp³-hybridized carbons (Fsp3) is 0.556. The molecule has 2 rings (SSSR count). The second kappa shape index (κ2) is 7.55. The molecule has 1 amide bonds. The molecular formula is C18H25NO5. The molecule has 1 fully saturated rings. The van der Waals surface area contributed by atoms with Gasteiger partial charge in [0, 0.05) is 6.42 Å². The number of amides is 1. The van der Waals surface area contributed by atoms with Crippen LogP contribution in [0, 0.1) is 0 Å². The number of ether oxygens (including phenoxy) is 3. The molecule has 24 heavy (non-hydrogen) atoms. The van der Waals surface area contributed by atoms with Crippen molar-refractivity contribution in [3.05, 3.63) is 29.8 Å². The first-order valence-electron chi connectivity index (χ1n) is 8.10. The number of rotatable bonds is 6. The van der Waals surface area contributed by atoms with E-state index in [1.165, 1.54) is 7.11 Å². The molecule has 1 aromatic rings. The lowest BCUT2D eigenvalue weighted by atomic mass is 10.1. The number of hydrogen-bond acceptors (Lipinski definition) is 5. The molecule has 0 radical (unpaired) electrons. The lowest BCUT2D eigenvalue weighted by molar-refractivity contribution is -0.143. The van der Waals surface area contributed by atoms with Crippen LogP contribution in [0.5, 0.6) is 5.75 Å². The van der Waals surface area contributed by atoms with Gasteiger partial charge in [-0.1, -0.05) is 12.1 Å². The highest BCUT2D eigenvalue weighted by atomic mass is 16.6. The molecule has 6 heteroatoms. The van der Waals surface area contributed by atoms with Gasteiger partial charge in [0.25, 0.3) is 0 Å². The number of benzene rings is 1. The second-order valence-electron chi connectivity index (χ2n) is 6.89.